The van der Waals surface area contributed by atoms with Crippen LogP contribution in [0.2, 0.25) is 5.02 Å². The topological polar surface area (TPSA) is 73.6 Å². The van der Waals surface area contributed by atoms with Gasteiger partial charge in [0.15, 0.2) is 0 Å². The van der Waals surface area contributed by atoms with Gasteiger partial charge in [0.05, 0.1) is 47.7 Å². The van der Waals surface area contributed by atoms with E-state index in [9.17, 15) is 23.1 Å². The van der Waals surface area contributed by atoms with Gasteiger partial charge in [0.1, 0.15) is 0 Å². The van der Waals surface area contributed by atoms with E-state index in [0.717, 1.165) is 31.1 Å². The van der Waals surface area contributed by atoms with Crippen LogP contribution in [0.3, 0.4) is 0 Å². The number of halogens is 4. The van der Waals surface area contributed by atoms with E-state index in [4.69, 9.17) is 11.6 Å². The highest BCUT2D eigenvalue weighted by Gasteiger charge is 2.36. The summed E-state index contributed by atoms with van der Waals surface area (Å²) in [7, 11) is 0. The number of benzene rings is 2. The van der Waals surface area contributed by atoms with Gasteiger partial charge in [-0.1, -0.05) is 17.7 Å². The smallest absolute Gasteiger partial charge is 0.394 e. The van der Waals surface area contributed by atoms with Crippen LogP contribution in [0.1, 0.15) is 36.9 Å². The predicted octanol–water partition coefficient (Wildman–Crippen LogP) is 4.08. The van der Waals surface area contributed by atoms with Crippen LogP contribution in [0.15, 0.2) is 42.7 Å². The van der Waals surface area contributed by atoms with Gasteiger partial charge in [-0.3, -0.25) is 4.79 Å². The Morgan fingerprint density at radius 2 is 2.05 bits per heavy atom. The van der Waals surface area contributed by atoms with Gasteiger partial charge in [0, 0.05) is 30.3 Å². The molecule has 2 N–H and O–H groups in total. The molecule has 7 nitrogen and oxygen atoms in total. The highest BCUT2D eigenvalue weighted by molar-refractivity contribution is 6.30. The van der Waals surface area contributed by atoms with Crippen molar-refractivity contribution in [2.75, 3.05) is 37.7 Å². The molecule has 1 aromatic heterocycles. The molecular weight excluding hydrogens is 507 g/mol. The minimum absolute atomic E-state index is 0.0285. The van der Waals surface area contributed by atoms with Gasteiger partial charge in [-0.2, -0.15) is 13.2 Å². The quantitative estimate of drug-likeness (QED) is 0.515. The summed E-state index contributed by atoms with van der Waals surface area (Å²) < 4.78 is 43.0. The molecule has 0 spiro atoms. The predicted molar refractivity (Wildman–Crippen MR) is 136 cm³/mol. The lowest BCUT2D eigenvalue weighted by atomic mass is 10.0. The van der Waals surface area contributed by atoms with Crippen molar-refractivity contribution >= 4 is 34.2 Å². The molecule has 3 atom stereocenters. The molecule has 2 aliphatic heterocycles. The molecule has 2 aliphatic rings. The number of aliphatic hydroxyl groups is 1. The molecule has 3 heterocycles. The molecule has 2 saturated heterocycles. The second-order valence-electron chi connectivity index (χ2n) is 9.69. The molecule has 37 heavy (non-hydrogen) atoms. The summed E-state index contributed by atoms with van der Waals surface area (Å²) >= 11 is 5.87. The lowest BCUT2D eigenvalue weighted by Gasteiger charge is -2.42. The molecule has 11 heteroatoms. The van der Waals surface area contributed by atoms with Gasteiger partial charge in [0.25, 0.3) is 0 Å². The lowest BCUT2D eigenvalue weighted by Crippen LogP contribution is -2.59. The molecule has 0 bridgehead atoms. The van der Waals surface area contributed by atoms with Gasteiger partial charge in [-0.15, -0.1) is 0 Å². The molecule has 0 saturated carbocycles. The van der Waals surface area contributed by atoms with Gasteiger partial charge in [0.2, 0.25) is 5.91 Å². The zero-order chi connectivity index (χ0) is 26.3. The summed E-state index contributed by atoms with van der Waals surface area (Å²) in [5, 5.41) is 13.3. The monoisotopic (exact) mass is 535 g/mol. The number of rotatable bonds is 5. The second kappa shape index (κ2) is 10.2. The van der Waals surface area contributed by atoms with E-state index in [1.165, 1.54) is 12.1 Å². The van der Waals surface area contributed by atoms with Crippen LogP contribution in [0.4, 0.5) is 18.9 Å². The average molecular weight is 536 g/mol. The Morgan fingerprint density at radius 1 is 1.24 bits per heavy atom. The normalized spacial score (nSPS) is 21.6. The van der Waals surface area contributed by atoms with Gasteiger partial charge in [-0.05, 0) is 62.2 Å². The first kappa shape index (κ1) is 25.8. The van der Waals surface area contributed by atoms with Crippen LogP contribution in [0.5, 0.6) is 0 Å². The third-order valence-corrected chi connectivity index (χ3v) is 7.68. The van der Waals surface area contributed by atoms with Crippen molar-refractivity contribution in [2.45, 2.75) is 44.1 Å². The number of alkyl halides is 3. The molecule has 5 rings (SSSR count). The summed E-state index contributed by atoms with van der Waals surface area (Å²) in [4.78, 5) is 21.2. The molecule has 2 fully saturated rings. The molecule has 198 valence electrons. The van der Waals surface area contributed by atoms with Crippen LogP contribution in [0.25, 0.3) is 11.0 Å². The zero-order valence-electron chi connectivity index (χ0n) is 20.4. The maximum absolute atomic E-state index is 13.8. The van der Waals surface area contributed by atoms with Gasteiger partial charge < -0.3 is 24.8 Å². The minimum atomic E-state index is -4.54. The molecular formula is C26H29ClF3N5O2. The van der Waals surface area contributed by atoms with Crippen LogP contribution in [-0.2, 0) is 11.0 Å². The number of piperazine rings is 1. The Morgan fingerprint density at radius 3 is 2.76 bits per heavy atom. The maximum atomic E-state index is 13.8. The number of hydrogen-bond donors (Lipinski definition) is 2. The van der Waals surface area contributed by atoms with E-state index >= 15 is 0 Å². The Kier molecular flexibility index (Phi) is 7.08. The molecule has 3 unspecified atom stereocenters. The van der Waals surface area contributed by atoms with Crippen LogP contribution in [0, 0.1) is 0 Å². The highest BCUT2D eigenvalue weighted by Crippen LogP contribution is 2.38. The Balaban J connectivity index is 1.42. The fourth-order valence-corrected chi connectivity index (χ4v) is 5.61. The molecule has 0 aliphatic carbocycles. The van der Waals surface area contributed by atoms with Crippen molar-refractivity contribution in [1.82, 2.24) is 19.8 Å². The van der Waals surface area contributed by atoms with Gasteiger partial charge >= 0.3 is 6.18 Å². The largest absolute Gasteiger partial charge is 0.416 e. The van der Waals surface area contributed by atoms with E-state index in [1.807, 2.05) is 18.2 Å². The van der Waals surface area contributed by atoms with Crippen LogP contribution in [-0.4, -0.2) is 70.3 Å². The van der Waals surface area contributed by atoms with Gasteiger partial charge in [-0.25, -0.2) is 4.98 Å². The summed E-state index contributed by atoms with van der Waals surface area (Å²) in [5.41, 5.74) is 1.56. The number of carbonyl (C=O) groups is 1. The summed E-state index contributed by atoms with van der Waals surface area (Å²) in [5.74, 6) is 0.0296. The summed E-state index contributed by atoms with van der Waals surface area (Å²) in [6.07, 6.45) is -1.22. The highest BCUT2D eigenvalue weighted by atomic mass is 35.5. The SMILES string of the molecule is CC(c1ccc(Cl)cc1C(F)(F)F)n1cnc2ccc(N3CCN(C(=O)C4CCCN4)C(CO)C3)cc21. The number of imidazole rings is 1. The van der Waals surface area contributed by atoms with E-state index in [2.05, 4.69) is 15.2 Å². The average Bonchev–Trinajstić information content (AvgIpc) is 3.57. The number of aliphatic hydroxyl groups excluding tert-OH is 1. The van der Waals surface area contributed by atoms with Crippen molar-refractivity contribution < 1.29 is 23.1 Å². The Labute approximate surface area is 217 Å². The van der Waals surface area contributed by atoms with E-state index in [1.54, 1.807) is 22.7 Å². The Hall–Kier alpha value is -2.82. The zero-order valence-corrected chi connectivity index (χ0v) is 21.1. The standard InChI is InChI=1S/C26H29ClF3N5O2/c1-16(20-6-4-17(27)11-21(20)26(28,29)30)35-15-32-22-7-5-18(12-24(22)35)33-9-10-34(19(13-33)14-36)25(37)23-3-2-8-31-23/h4-7,11-12,15-16,19,23,31,36H,2-3,8-10,13-14H2,1H3. The van der Waals surface area contributed by atoms with E-state index in [-0.39, 0.29) is 35.2 Å². The number of nitrogens with one attached hydrogen (secondary N) is 1. The third-order valence-electron chi connectivity index (χ3n) is 7.45. The number of anilines is 1. The van der Waals surface area contributed by atoms with Crippen molar-refractivity contribution in [3.8, 4) is 0 Å². The number of carbonyl (C=O) groups excluding carboxylic acids is 1. The van der Waals surface area contributed by atoms with Crippen LogP contribution < -0.4 is 10.2 Å². The maximum Gasteiger partial charge on any atom is 0.416 e. The fraction of sp³-hybridized carbons (Fsp3) is 0.462. The van der Waals surface area contributed by atoms with Crippen LogP contribution >= 0.6 is 11.6 Å². The first-order chi connectivity index (χ1) is 17.7. The Bertz CT molecular complexity index is 1290. The van der Waals surface area contributed by atoms with E-state index in [0.29, 0.717) is 30.7 Å². The number of nitrogens with zero attached hydrogens (tertiary/aromatic N) is 4. The fourth-order valence-electron chi connectivity index (χ4n) is 5.44. The van der Waals surface area contributed by atoms with E-state index < -0.39 is 17.8 Å². The first-order valence-corrected chi connectivity index (χ1v) is 12.8. The molecule has 0 radical (unpaired) electrons. The first-order valence-electron chi connectivity index (χ1n) is 12.4. The molecule has 2 aromatic carbocycles. The number of aromatic nitrogens is 2. The van der Waals surface area contributed by atoms with Crippen molar-refractivity contribution in [3.05, 3.63) is 58.9 Å². The number of fused-ring (bicyclic) bond motifs is 1. The lowest BCUT2D eigenvalue weighted by molar-refractivity contribution is -0.138. The summed E-state index contributed by atoms with van der Waals surface area (Å²) in [6.45, 7) is 3.90. The van der Waals surface area contributed by atoms with Crippen molar-refractivity contribution in [3.63, 3.8) is 0 Å². The van der Waals surface area contributed by atoms with Crippen molar-refractivity contribution in [2.24, 2.45) is 0 Å². The molecule has 1 amide bonds. The number of amides is 1. The minimum Gasteiger partial charge on any atom is -0.394 e. The molecule has 3 aromatic rings. The summed E-state index contributed by atoms with van der Waals surface area (Å²) in [6, 6.07) is 8.31. The third kappa shape index (κ3) is 5.02. The number of hydrogen-bond acceptors (Lipinski definition) is 5. The van der Waals surface area contributed by atoms with Crippen molar-refractivity contribution in [1.29, 1.82) is 0 Å². The second-order valence-corrected chi connectivity index (χ2v) is 10.1.